The molecule has 1 atom stereocenters. The molecule has 0 aliphatic heterocycles. The first-order valence-corrected chi connectivity index (χ1v) is 12.1. The Labute approximate surface area is 214 Å². The number of rotatable bonds is 8. The molecule has 0 saturated carbocycles. The molecule has 4 aromatic carbocycles. The van der Waals surface area contributed by atoms with Crippen LogP contribution in [0.1, 0.15) is 22.6 Å². The molecular weight excluding hydrogens is 465 g/mol. The van der Waals surface area contributed by atoms with E-state index in [0.717, 1.165) is 27.6 Å². The van der Waals surface area contributed by atoms with E-state index in [4.69, 9.17) is 0 Å². The first kappa shape index (κ1) is 24.0. The minimum absolute atomic E-state index is 0.0633. The minimum Gasteiger partial charge on any atom is -0.361 e. The van der Waals surface area contributed by atoms with Crippen molar-refractivity contribution >= 4 is 28.4 Å². The lowest BCUT2D eigenvalue weighted by atomic mass is 9.90. The molecule has 0 saturated heterocycles. The Kier molecular flexibility index (Phi) is 7.08. The van der Waals surface area contributed by atoms with Crippen molar-refractivity contribution in [2.75, 3.05) is 5.32 Å². The van der Waals surface area contributed by atoms with Gasteiger partial charge >= 0.3 is 0 Å². The normalized spacial score (nSPS) is 11.8. The van der Waals surface area contributed by atoms with Crippen LogP contribution in [0.5, 0.6) is 0 Å². The Morgan fingerprint density at radius 1 is 0.730 bits per heavy atom. The van der Waals surface area contributed by atoms with E-state index < -0.39 is 23.7 Å². The molecule has 6 heteroatoms. The van der Waals surface area contributed by atoms with Gasteiger partial charge in [-0.2, -0.15) is 0 Å². The Balaban J connectivity index is 1.48. The van der Waals surface area contributed by atoms with Gasteiger partial charge in [0.05, 0.1) is 11.6 Å². The van der Waals surface area contributed by atoms with E-state index in [9.17, 15) is 14.0 Å². The second kappa shape index (κ2) is 10.9. The molecule has 0 unspecified atom stereocenters. The molecule has 37 heavy (non-hydrogen) atoms. The quantitative estimate of drug-likeness (QED) is 0.256. The molecule has 2 amide bonds. The van der Waals surface area contributed by atoms with Crippen LogP contribution >= 0.6 is 0 Å². The predicted molar refractivity (Wildman–Crippen MR) is 144 cm³/mol. The molecule has 5 nitrogen and oxygen atoms in total. The van der Waals surface area contributed by atoms with Gasteiger partial charge in [-0.05, 0) is 34.9 Å². The number of anilines is 1. The third-order valence-corrected chi connectivity index (χ3v) is 6.39. The molecule has 5 aromatic rings. The summed E-state index contributed by atoms with van der Waals surface area (Å²) in [6, 6.07) is 31.7. The van der Waals surface area contributed by atoms with Crippen LogP contribution in [0, 0.1) is 5.82 Å². The first-order chi connectivity index (χ1) is 18.1. The van der Waals surface area contributed by atoms with Gasteiger partial charge in [-0.1, -0.05) is 91.0 Å². The fourth-order valence-electron chi connectivity index (χ4n) is 4.55. The summed E-state index contributed by atoms with van der Waals surface area (Å²) in [5.41, 5.74) is 3.50. The summed E-state index contributed by atoms with van der Waals surface area (Å²) in [4.78, 5) is 30.5. The van der Waals surface area contributed by atoms with Crippen molar-refractivity contribution in [3.63, 3.8) is 0 Å². The number of carbonyl (C=O) groups is 2. The van der Waals surface area contributed by atoms with Crippen molar-refractivity contribution in [1.29, 1.82) is 0 Å². The average molecular weight is 492 g/mol. The van der Waals surface area contributed by atoms with Crippen LogP contribution in [0.2, 0.25) is 0 Å². The number of amides is 2. The summed E-state index contributed by atoms with van der Waals surface area (Å²) in [6.07, 6.45) is 2.07. The summed E-state index contributed by atoms with van der Waals surface area (Å²) in [7, 11) is 0. The molecule has 184 valence electrons. The van der Waals surface area contributed by atoms with Gasteiger partial charge in [0.25, 0.3) is 0 Å². The first-order valence-electron chi connectivity index (χ1n) is 12.1. The predicted octanol–water partition coefficient (Wildman–Crippen LogP) is 5.81. The number of aromatic nitrogens is 1. The van der Waals surface area contributed by atoms with Gasteiger partial charge in [0.15, 0.2) is 0 Å². The summed E-state index contributed by atoms with van der Waals surface area (Å²) >= 11 is 0. The second-order valence-corrected chi connectivity index (χ2v) is 8.85. The summed E-state index contributed by atoms with van der Waals surface area (Å²) in [5.74, 6) is -1.97. The van der Waals surface area contributed by atoms with Gasteiger partial charge in [-0.3, -0.25) is 9.59 Å². The number of aromatic amines is 1. The van der Waals surface area contributed by atoms with Gasteiger partial charge in [-0.15, -0.1) is 0 Å². The highest BCUT2D eigenvalue weighted by molar-refractivity contribution is 5.99. The Morgan fingerprint density at radius 2 is 1.32 bits per heavy atom. The number of nitrogens with one attached hydrogen (secondary N) is 3. The number of halogens is 1. The summed E-state index contributed by atoms with van der Waals surface area (Å²) in [5, 5.41) is 6.59. The molecular formula is C31H26FN3O2. The van der Waals surface area contributed by atoms with E-state index in [0.29, 0.717) is 0 Å². The lowest BCUT2D eigenvalue weighted by Crippen LogP contribution is -2.47. The monoisotopic (exact) mass is 491 g/mol. The topological polar surface area (TPSA) is 74.0 Å². The third-order valence-electron chi connectivity index (χ3n) is 6.39. The van der Waals surface area contributed by atoms with Crippen LogP contribution in [0.3, 0.4) is 0 Å². The largest absolute Gasteiger partial charge is 0.361 e. The molecule has 3 N–H and O–H groups in total. The van der Waals surface area contributed by atoms with Crippen molar-refractivity contribution in [1.82, 2.24) is 10.3 Å². The summed E-state index contributed by atoms with van der Waals surface area (Å²) < 4.78 is 14.3. The molecule has 0 aliphatic rings. The van der Waals surface area contributed by atoms with Crippen LogP contribution < -0.4 is 10.6 Å². The van der Waals surface area contributed by atoms with Gasteiger partial charge in [-0.25, -0.2) is 4.39 Å². The van der Waals surface area contributed by atoms with Gasteiger partial charge in [0, 0.05) is 23.5 Å². The van der Waals surface area contributed by atoms with Crippen molar-refractivity contribution in [3.05, 3.63) is 138 Å². The van der Waals surface area contributed by atoms with Crippen molar-refractivity contribution in [3.8, 4) is 0 Å². The van der Waals surface area contributed by atoms with Crippen molar-refractivity contribution in [2.45, 2.75) is 18.4 Å². The summed E-state index contributed by atoms with van der Waals surface area (Å²) in [6.45, 7) is 0. The maximum atomic E-state index is 14.3. The smallest absolute Gasteiger partial charge is 0.247 e. The lowest BCUT2D eigenvalue weighted by molar-refractivity contribution is -0.126. The molecule has 0 aliphatic carbocycles. The molecule has 0 bridgehead atoms. The van der Waals surface area contributed by atoms with Crippen LogP contribution in [-0.2, 0) is 16.0 Å². The van der Waals surface area contributed by atoms with E-state index >= 15 is 0 Å². The molecule has 0 spiro atoms. The molecule has 1 aromatic heterocycles. The lowest BCUT2D eigenvalue weighted by Gasteiger charge is -2.23. The highest BCUT2D eigenvalue weighted by Crippen LogP contribution is 2.26. The highest BCUT2D eigenvalue weighted by Gasteiger charge is 2.29. The Bertz CT molecular complexity index is 1480. The number of hydrogen-bond acceptors (Lipinski definition) is 2. The van der Waals surface area contributed by atoms with Crippen molar-refractivity contribution in [2.24, 2.45) is 0 Å². The standard InChI is InChI=1S/C31H26FN3O2/c32-25-16-8-10-18-27(25)34-30(36)28(19-23-20-33-26-17-9-7-15-24(23)26)35-31(37)29(21-11-3-1-4-12-21)22-13-5-2-6-14-22/h1-18,20,28-29,33H,19H2,(H,34,36)(H,35,37)/t28-/m0/s1. The third kappa shape index (κ3) is 5.43. The van der Waals surface area contributed by atoms with E-state index in [1.807, 2.05) is 91.1 Å². The Hall–Kier alpha value is -4.71. The number of H-pyrrole nitrogens is 1. The maximum absolute atomic E-state index is 14.3. The van der Waals surface area contributed by atoms with Gasteiger partial charge in [0.2, 0.25) is 11.8 Å². The second-order valence-electron chi connectivity index (χ2n) is 8.85. The minimum atomic E-state index is -0.943. The van der Waals surface area contributed by atoms with E-state index in [-0.39, 0.29) is 18.0 Å². The van der Waals surface area contributed by atoms with Crippen LogP contribution in [-0.4, -0.2) is 22.8 Å². The highest BCUT2D eigenvalue weighted by atomic mass is 19.1. The van der Waals surface area contributed by atoms with Gasteiger partial charge in [0.1, 0.15) is 11.9 Å². The van der Waals surface area contributed by atoms with E-state index in [1.54, 1.807) is 12.1 Å². The molecule has 1 heterocycles. The number of para-hydroxylation sites is 2. The van der Waals surface area contributed by atoms with Crippen LogP contribution in [0.25, 0.3) is 10.9 Å². The molecule has 5 rings (SSSR count). The zero-order valence-electron chi connectivity index (χ0n) is 20.0. The maximum Gasteiger partial charge on any atom is 0.247 e. The fraction of sp³-hybridized carbons (Fsp3) is 0.0968. The molecule has 0 fully saturated rings. The Morgan fingerprint density at radius 3 is 2.00 bits per heavy atom. The van der Waals surface area contributed by atoms with E-state index in [1.165, 1.54) is 12.1 Å². The number of benzene rings is 4. The number of carbonyl (C=O) groups excluding carboxylic acids is 2. The fourth-order valence-corrected chi connectivity index (χ4v) is 4.55. The van der Waals surface area contributed by atoms with Crippen LogP contribution in [0.4, 0.5) is 10.1 Å². The SMILES string of the molecule is O=C(N[C@@H](Cc1c[nH]c2ccccc12)C(=O)Nc1ccccc1F)C(c1ccccc1)c1ccccc1. The zero-order valence-corrected chi connectivity index (χ0v) is 20.0. The van der Waals surface area contributed by atoms with E-state index in [2.05, 4.69) is 15.6 Å². The van der Waals surface area contributed by atoms with Gasteiger partial charge < -0.3 is 15.6 Å². The zero-order chi connectivity index (χ0) is 25.6. The van der Waals surface area contributed by atoms with Crippen LogP contribution in [0.15, 0.2) is 115 Å². The molecule has 0 radical (unpaired) electrons. The average Bonchev–Trinajstić information content (AvgIpc) is 3.34. The number of hydrogen-bond donors (Lipinski definition) is 3. The van der Waals surface area contributed by atoms with Crippen molar-refractivity contribution < 1.29 is 14.0 Å². The number of fused-ring (bicyclic) bond motifs is 1.